The van der Waals surface area contributed by atoms with Crippen molar-refractivity contribution < 1.29 is 4.79 Å². The summed E-state index contributed by atoms with van der Waals surface area (Å²) in [6.07, 6.45) is 0.871. The third kappa shape index (κ3) is 4.54. The van der Waals surface area contributed by atoms with Crippen LogP contribution in [0.1, 0.15) is 24.0 Å². The summed E-state index contributed by atoms with van der Waals surface area (Å²) >= 11 is 18.9. The van der Waals surface area contributed by atoms with E-state index in [1.807, 2.05) is 19.1 Å². The number of carbonyl (C=O) groups excluding carboxylic acids is 1. The van der Waals surface area contributed by atoms with Gasteiger partial charge in [-0.1, -0.05) is 53.9 Å². The number of fused-ring (bicyclic) bond motifs is 1. The van der Waals surface area contributed by atoms with Crippen LogP contribution in [-0.2, 0) is 17.6 Å². The SMILES string of the molecule is CCc1[nH]n(-c2c(Cl)cc(Cl)cc2Cl)c2nc(Cc3ccc(N(C)C(=O)CN)cc3)nc(=O)c1-2. The number of likely N-dealkylation sites (N-methyl/N-ethyl adjacent to an activating group) is 1. The van der Waals surface area contributed by atoms with Gasteiger partial charge in [0, 0.05) is 29.9 Å². The Balaban J connectivity index is 1.76. The minimum Gasteiger partial charge on any atom is -0.322 e. The average molecular weight is 520 g/mol. The number of nitrogens with one attached hydrogen (secondary N) is 1. The number of H-pyrrole nitrogens is 1. The van der Waals surface area contributed by atoms with Crippen molar-refractivity contribution in [1.29, 1.82) is 0 Å². The number of carbonyl (C=O) groups is 1. The van der Waals surface area contributed by atoms with E-state index in [0.29, 0.717) is 62.2 Å². The number of anilines is 1. The Morgan fingerprint density at radius 2 is 1.76 bits per heavy atom. The Hall–Kier alpha value is -2.91. The van der Waals surface area contributed by atoms with Crippen molar-refractivity contribution in [3.63, 3.8) is 0 Å². The highest BCUT2D eigenvalue weighted by molar-refractivity contribution is 6.40. The van der Waals surface area contributed by atoms with Crippen LogP contribution in [0.4, 0.5) is 5.69 Å². The normalized spacial score (nSPS) is 11.2. The number of nitrogens with zero attached hydrogens (tertiary/aromatic N) is 4. The molecule has 0 saturated heterocycles. The number of aromatic nitrogens is 4. The van der Waals surface area contributed by atoms with Crippen molar-refractivity contribution in [2.75, 3.05) is 18.5 Å². The summed E-state index contributed by atoms with van der Waals surface area (Å²) in [5.41, 5.74) is 8.12. The number of aromatic amines is 1. The van der Waals surface area contributed by atoms with Crippen molar-refractivity contribution in [3.05, 3.63) is 78.9 Å². The van der Waals surface area contributed by atoms with Crippen LogP contribution in [0.3, 0.4) is 0 Å². The highest BCUT2D eigenvalue weighted by Crippen LogP contribution is 2.35. The number of amides is 1. The predicted molar refractivity (Wildman–Crippen MR) is 135 cm³/mol. The lowest BCUT2D eigenvalue weighted by molar-refractivity contribution is -0.117. The first kappa shape index (κ1) is 24.2. The lowest BCUT2D eigenvalue weighted by atomic mass is 10.1. The minimum atomic E-state index is -0.391. The van der Waals surface area contributed by atoms with Crippen molar-refractivity contribution in [2.45, 2.75) is 19.8 Å². The molecular formula is C23H21Cl3N6O2. The molecule has 4 rings (SSSR count). The van der Waals surface area contributed by atoms with Gasteiger partial charge >= 0.3 is 0 Å². The third-order valence-corrected chi connectivity index (χ3v) is 6.25. The van der Waals surface area contributed by atoms with Gasteiger partial charge in [-0.25, -0.2) is 9.67 Å². The Morgan fingerprint density at radius 1 is 1.12 bits per heavy atom. The summed E-state index contributed by atoms with van der Waals surface area (Å²) in [4.78, 5) is 35.1. The molecule has 11 heteroatoms. The molecule has 0 aromatic heterocycles. The molecule has 2 aliphatic heterocycles. The number of benzene rings is 2. The van der Waals surface area contributed by atoms with Gasteiger partial charge in [-0.3, -0.25) is 14.7 Å². The van der Waals surface area contributed by atoms with Crippen molar-refractivity contribution in [1.82, 2.24) is 19.7 Å². The molecule has 0 radical (unpaired) electrons. The van der Waals surface area contributed by atoms with Crippen LogP contribution in [0.25, 0.3) is 17.1 Å². The van der Waals surface area contributed by atoms with Crippen LogP contribution < -0.4 is 16.2 Å². The van der Waals surface area contributed by atoms with Crippen LogP contribution >= 0.6 is 34.8 Å². The molecule has 0 fully saturated rings. The van der Waals surface area contributed by atoms with Crippen LogP contribution in [0.2, 0.25) is 15.1 Å². The average Bonchev–Trinajstić information content (AvgIpc) is 3.16. The number of rotatable bonds is 6. The number of hydrogen-bond acceptors (Lipinski definition) is 5. The van der Waals surface area contributed by atoms with E-state index in [9.17, 15) is 9.59 Å². The second kappa shape index (κ2) is 9.76. The van der Waals surface area contributed by atoms with Gasteiger partial charge in [-0.15, -0.1) is 0 Å². The fourth-order valence-electron chi connectivity index (χ4n) is 3.69. The van der Waals surface area contributed by atoms with Gasteiger partial charge in [0.2, 0.25) is 5.91 Å². The molecule has 2 aromatic carbocycles. The lowest BCUT2D eigenvalue weighted by Gasteiger charge is -2.16. The molecule has 3 N–H and O–H groups in total. The predicted octanol–water partition coefficient (Wildman–Crippen LogP) is 4.10. The number of halogens is 3. The minimum absolute atomic E-state index is 0.0730. The molecule has 0 spiro atoms. The van der Waals surface area contributed by atoms with Crippen LogP contribution in [0, 0.1) is 0 Å². The maximum atomic E-state index is 13.0. The summed E-state index contributed by atoms with van der Waals surface area (Å²) < 4.78 is 1.60. The molecule has 2 aliphatic rings. The van der Waals surface area contributed by atoms with Crippen LogP contribution in [-0.4, -0.2) is 39.2 Å². The zero-order chi connectivity index (χ0) is 24.6. The largest absolute Gasteiger partial charge is 0.322 e. The molecular weight excluding hydrogens is 499 g/mol. The Bertz CT molecular complexity index is 1370. The van der Waals surface area contributed by atoms with E-state index in [-0.39, 0.29) is 12.5 Å². The quantitative estimate of drug-likeness (QED) is 0.399. The highest BCUT2D eigenvalue weighted by Gasteiger charge is 2.25. The summed E-state index contributed by atoms with van der Waals surface area (Å²) in [6.45, 7) is 1.85. The summed E-state index contributed by atoms with van der Waals surface area (Å²) in [5, 5.41) is 4.20. The summed E-state index contributed by atoms with van der Waals surface area (Å²) in [7, 11) is 1.66. The van der Waals surface area contributed by atoms with E-state index < -0.39 is 5.56 Å². The first-order valence-corrected chi connectivity index (χ1v) is 11.6. The van der Waals surface area contributed by atoms with E-state index in [2.05, 4.69) is 15.1 Å². The molecule has 176 valence electrons. The second-order valence-electron chi connectivity index (χ2n) is 7.64. The molecule has 2 heterocycles. The number of aryl methyl sites for hydroxylation is 1. The van der Waals surface area contributed by atoms with Gasteiger partial charge in [0.1, 0.15) is 17.1 Å². The standard InChI is InChI=1S/C23H21Cl3N6O2/c1-3-17-20-22(32(30-17)21-15(25)9-13(24)10-16(21)26)28-18(29-23(20)34)8-12-4-6-14(7-5-12)31(2)19(33)11-27/h4-7,9-10,30H,3,8,11,27H2,1-2H3. The zero-order valence-corrected chi connectivity index (χ0v) is 20.7. The van der Waals surface area contributed by atoms with E-state index in [0.717, 1.165) is 5.56 Å². The van der Waals surface area contributed by atoms with Crippen LogP contribution in [0.5, 0.6) is 0 Å². The molecule has 1 amide bonds. The van der Waals surface area contributed by atoms with Crippen molar-refractivity contribution in [3.8, 4) is 17.1 Å². The zero-order valence-electron chi connectivity index (χ0n) is 18.4. The Labute approximate surface area is 210 Å². The van der Waals surface area contributed by atoms with Crippen molar-refractivity contribution >= 4 is 46.4 Å². The van der Waals surface area contributed by atoms with Gasteiger partial charge < -0.3 is 10.6 Å². The molecule has 0 aliphatic carbocycles. The Morgan fingerprint density at radius 3 is 2.35 bits per heavy atom. The maximum Gasteiger partial charge on any atom is 0.284 e. The molecule has 2 aromatic rings. The Kier molecular flexibility index (Phi) is 6.95. The van der Waals surface area contributed by atoms with E-state index >= 15 is 0 Å². The fourth-order valence-corrected chi connectivity index (χ4v) is 4.67. The van der Waals surface area contributed by atoms with Gasteiger partial charge in [-0.2, -0.15) is 4.98 Å². The molecule has 0 saturated carbocycles. The van der Waals surface area contributed by atoms with Gasteiger partial charge in [0.15, 0.2) is 5.82 Å². The first-order valence-electron chi connectivity index (χ1n) is 10.4. The molecule has 8 nitrogen and oxygen atoms in total. The maximum absolute atomic E-state index is 13.0. The number of nitrogens with two attached hydrogens (primary N) is 1. The monoisotopic (exact) mass is 518 g/mol. The third-order valence-electron chi connectivity index (χ3n) is 5.46. The second-order valence-corrected chi connectivity index (χ2v) is 8.89. The molecule has 0 bridgehead atoms. The molecule has 0 unspecified atom stereocenters. The first-order chi connectivity index (χ1) is 16.2. The smallest absolute Gasteiger partial charge is 0.284 e. The van der Waals surface area contributed by atoms with E-state index in [1.54, 1.807) is 36.0 Å². The van der Waals surface area contributed by atoms with Crippen LogP contribution in [0.15, 0.2) is 41.2 Å². The van der Waals surface area contributed by atoms with E-state index in [1.165, 1.54) is 4.90 Å². The van der Waals surface area contributed by atoms with Gasteiger partial charge in [0.05, 0.1) is 16.6 Å². The summed E-state index contributed by atoms with van der Waals surface area (Å²) in [5.74, 6) is 0.525. The van der Waals surface area contributed by atoms with Crippen molar-refractivity contribution in [2.24, 2.45) is 5.73 Å². The molecule has 0 atom stereocenters. The van der Waals surface area contributed by atoms with Gasteiger partial charge in [0.25, 0.3) is 5.56 Å². The van der Waals surface area contributed by atoms with Gasteiger partial charge in [-0.05, 0) is 36.2 Å². The molecule has 34 heavy (non-hydrogen) atoms. The highest BCUT2D eigenvalue weighted by atomic mass is 35.5. The van der Waals surface area contributed by atoms with E-state index in [4.69, 9.17) is 40.5 Å². The fraction of sp³-hybridized carbons (Fsp3) is 0.217. The topological polar surface area (TPSA) is 110 Å². The summed E-state index contributed by atoms with van der Waals surface area (Å²) in [6, 6.07) is 10.5. The number of hydrogen-bond donors (Lipinski definition) is 2. The lowest BCUT2D eigenvalue weighted by Crippen LogP contribution is -2.32.